The zero-order valence-electron chi connectivity index (χ0n) is 23.1. The van der Waals surface area contributed by atoms with Gasteiger partial charge >= 0.3 is 19.2 Å². The number of carboxylic acids is 1. The molecule has 0 saturated heterocycles. The van der Waals surface area contributed by atoms with Crippen molar-refractivity contribution >= 4 is 39.9 Å². The van der Waals surface area contributed by atoms with E-state index >= 15 is 0 Å². The van der Waals surface area contributed by atoms with Crippen LogP contribution in [0.3, 0.4) is 0 Å². The molecule has 3 heterocycles. The largest absolute Gasteiger partial charge is 0.478 e. The minimum absolute atomic E-state index is 0.00736. The third-order valence-corrected chi connectivity index (χ3v) is 5.89. The first-order chi connectivity index (χ1) is 21.0. The Morgan fingerprint density at radius 1 is 0.955 bits per heavy atom. The Kier molecular flexibility index (Phi) is 9.32. The summed E-state index contributed by atoms with van der Waals surface area (Å²) in [5, 5.41) is 20.6. The molecule has 0 aliphatic heterocycles. The minimum atomic E-state index is -3.03. The highest BCUT2D eigenvalue weighted by Crippen LogP contribution is 2.32. The fourth-order valence-corrected chi connectivity index (χ4v) is 3.92. The predicted molar refractivity (Wildman–Crippen MR) is 143 cm³/mol. The van der Waals surface area contributed by atoms with Crippen LogP contribution in [0, 0.1) is 11.3 Å². The van der Waals surface area contributed by atoms with E-state index < -0.39 is 25.1 Å². The molecule has 1 amide bonds. The summed E-state index contributed by atoms with van der Waals surface area (Å²) in [6.07, 6.45) is 2.21. The van der Waals surface area contributed by atoms with Crippen LogP contribution in [0.4, 0.5) is 23.4 Å². The quantitative estimate of drug-likeness (QED) is 0.198. The topological polar surface area (TPSA) is 179 Å². The number of carboxylic acid groups (broad SMARTS) is 1. The number of rotatable bonds is 9. The summed E-state index contributed by atoms with van der Waals surface area (Å²) < 4.78 is 70.5. The first-order valence-electron chi connectivity index (χ1n) is 12.7. The highest BCUT2D eigenvalue weighted by molar-refractivity contribution is 6.11. The molecular formula is C27H22F4N6O7. The van der Waals surface area contributed by atoms with Crippen LogP contribution in [-0.4, -0.2) is 49.7 Å². The van der Waals surface area contributed by atoms with Crippen LogP contribution in [0.5, 0.6) is 11.5 Å². The van der Waals surface area contributed by atoms with Crippen molar-refractivity contribution in [2.45, 2.75) is 39.9 Å². The lowest BCUT2D eigenvalue weighted by Crippen LogP contribution is -2.15. The SMILES string of the molecule is CCc1nc2c(OC(F)F)ccc(C(=O)Nc3c(C#N)ncn3C)c2o1.CCc1nc2c(OC(F)F)ccc(C(=O)O)c2o1. The molecule has 5 rings (SSSR count). The highest BCUT2D eigenvalue weighted by Gasteiger charge is 2.23. The highest BCUT2D eigenvalue weighted by atomic mass is 19.3. The normalized spacial score (nSPS) is 11.0. The molecule has 230 valence electrons. The second-order valence-corrected chi connectivity index (χ2v) is 8.68. The lowest BCUT2D eigenvalue weighted by atomic mass is 10.1. The van der Waals surface area contributed by atoms with E-state index in [1.54, 1.807) is 20.9 Å². The van der Waals surface area contributed by atoms with Crippen molar-refractivity contribution in [1.29, 1.82) is 5.26 Å². The van der Waals surface area contributed by atoms with Gasteiger partial charge in [-0.25, -0.2) is 19.7 Å². The van der Waals surface area contributed by atoms with E-state index in [4.69, 9.17) is 19.2 Å². The number of aromatic nitrogens is 4. The monoisotopic (exact) mass is 618 g/mol. The molecule has 0 fully saturated rings. The van der Waals surface area contributed by atoms with Gasteiger partial charge in [0, 0.05) is 19.9 Å². The van der Waals surface area contributed by atoms with Crippen molar-refractivity contribution in [3.63, 3.8) is 0 Å². The van der Waals surface area contributed by atoms with Gasteiger partial charge in [0.15, 0.2) is 57.0 Å². The van der Waals surface area contributed by atoms with Crippen molar-refractivity contribution in [1.82, 2.24) is 19.5 Å². The number of carbonyl (C=O) groups excluding carboxylic acids is 1. The molecule has 0 saturated carbocycles. The first-order valence-corrected chi connectivity index (χ1v) is 12.7. The number of hydrogen-bond donors (Lipinski definition) is 2. The third kappa shape index (κ3) is 6.53. The summed E-state index contributed by atoms with van der Waals surface area (Å²) >= 11 is 0. The van der Waals surface area contributed by atoms with Gasteiger partial charge in [0.25, 0.3) is 5.91 Å². The third-order valence-electron chi connectivity index (χ3n) is 5.89. The van der Waals surface area contributed by atoms with Crippen LogP contribution in [0.2, 0.25) is 0 Å². The summed E-state index contributed by atoms with van der Waals surface area (Å²) in [6, 6.07) is 6.67. The number of anilines is 1. The molecule has 2 aromatic carbocycles. The van der Waals surface area contributed by atoms with Gasteiger partial charge in [-0.15, -0.1) is 0 Å². The van der Waals surface area contributed by atoms with E-state index in [0.717, 1.165) is 12.1 Å². The Hall–Kier alpha value is -5.66. The van der Waals surface area contributed by atoms with E-state index in [2.05, 4.69) is 29.7 Å². The predicted octanol–water partition coefficient (Wildman–Crippen LogP) is 5.54. The lowest BCUT2D eigenvalue weighted by Gasteiger charge is -2.08. The summed E-state index contributed by atoms with van der Waals surface area (Å²) in [5.74, 6) is -1.47. The number of ether oxygens (including phenoxy) is 2. The van der Waals surface area contributed by atoms with E-state index in [-0.39, 0.29) is 68.1 Å². The summed E-state index contributed by atoms with van der Waals surface area (Å²) in [7, 11) is 1.61. The number of nitriles is 1. The van der Waals surface area contributed by atoms with Crippen LogP contribution < -0.4 is 14.8 Å². The number of nitrogens with zero attached hydrogens (tertiary/aromatic N) is 5. The van der Waals surface area contributed by atoms with E-state index in [1.165, 1.54) is 23.0 Å². The number of amides is 1. The molecule has 0 spiro atoms. The molecule has 0 aliphatic carbocycles. The molecule has 3 aromatic heterocycles. The Morgan fingerprint density at radius 2 is 1.45 bits per heavy atom. The second-order valence-electron chi connectivity index (χ2n) is 8.68. The van der Waals surface area contributed by atoms with Gasteiger partial charge in [0.1, 0.15) is 11.6 Å². The number of aryl methyl sites for hydroxylation is 3. The number of halogens is 4. The number of aromatic carboxylic acids is 1. The molecule has 0 aliphatic rings. The van der Waals surface area contributed by atoms with Crippen molar-refractivity contribution in [2.75, 3.05) is 5.32 Å². The number of alkyl halides is 4. The van der Waals surface area contributed by atoms with Crippen LogP contribution in [0.15, 0.2) is 39.4 Å². The van der Waals surface area contributed by atoms with Crippen molar-refractivity contribution in [3.05, 3.63) is 59.2 Å². The van der Waals surface area contributed by atoms with Crippen molar-refractivity contribution in [2.24, 2.45) is 7.05 Å². The van der Waals surface area contributed by atoms with Crippen LogP contribution >= 0.6 is 0 Å². The van der Waals surface area contributed by atoms with E-state index in [9.17, 15) is 27.2 Å². The fraction of sp³-hybridized carbons (Fsp3) is 0.259. The number of fused-ring (bicyclic) bond motifs is 2. The zero-order valence-corrected chi connectivity index (χ0v) is 23.1. The van der Waals surface area contributed by atoms with Crippen LogP contribution in [0.1, 0.15) is 52.0 Å². The molecule has 5 aromatic rings. The number of imidazole rings is 1. The number of carbonyl (C=O) groups is 2. The number of nitrogens with one attached hydrogen (secondary N) is 1. The maximum atomic E-state index is 12.6. The number of benzene rings is 2. The number of hydrogen-bond acceptors (Lipinski definition) is 10. The van der Waals surface area contributed by atoms with Crippen molar-refractivity contribution in [3.8, 4) is 17.6 Å². The van der Waals surface area contributed by atoms with Crippen LogP contribution in [-0.2, 0) is 19.9 Å². The van der Waals surface area contributed by atoms with E-state index in [0.29, 0.717) is 12.8 Å². The molecule has 13 nitrogen and oxygen atoms in total. The molecule has 44 heavy (non-hydrogen) atoms. The van der Waals surface area contributed by atoms with Gasteiger partial charge < -0.3 is 33.3 Å². The fourth-order valence-electron chi connectivity index (χ4n) is 3.92. The van der Waals surface area contributed by atoms with Crippen LogP contribution in [0.25, 0.3) is 22.2 Å². The van der Waals surface area contributed by atoms with Gasteiger partial charge in [-0.3, -0.25) is 4.79 Å². The molecule has 0 bridgehead atoms. The zero-order chi connectivity index (χ0) is 32.1. The van der Waals surface area contributed by atoms with Gasteiger partial charge in [-0.1, -0.05) is 13.8 Å². The average Bonchev–Trinajstić information content (AvgIpc) is 3.70. The molecule has 0 radical (unpaired) electrons. The summed E-state index contributed by atoms with van der Waals surface area (Å²) in [6.45, 7) is -2.52. The number of oxazole rings is 2. The Bertz CT molecular complexity index is 1880. The van der Waals surface area contributed by atoms with Gasteiger partial charge in [-0.05, 0) is 24.3 Å². The standard InChI is InChI=1S/C16H13F2N5O3.C11H9F2NO4/c1-3-11-21-12-10(25-16(17)18)5-4-8(13(12)26-11)15(24)22-14-9(6-19)20-7-23(14)2;1-2-7-14-8-6(17-11(12)13)4-3-5(10(15)16)9(8)18-7/h4-5,7,16H,3H2,1-2H3,(H,22,24);3-4,11H,2H2,1H3,(H,15,16). The molecule has 0 unspecified atom stereocenters. The Labute approximate surface area is 244 Å². The lowest BCUT2D eigenvalue weighted by molar-refractivity contribution is -0.0495. The molecular weight excluding hydrogens is 596 g/mol. The minimum Gasteiger partial charge on any atom is -0.478 e. The maximum absolute atomic E-state index is 12.6. The summed E-state index contributed by atoms with van der Waals surface area (Å²) in [5.41, 5.74) is -0.0395. The maximum Gasteiger partial charge on any atom is 0.387 e. The average molecular weight is 619 g/mol. The van der Waals surface area contributed by atoms with Gasteiger partial charge in [0.05, 0.1) is 11.9 Å². The van der Waals surface area contributed by atoms with E-state index in [1.807, 2.05) is 6.07 Å². The van der Waals surface area contributed by atoms with Gasteiger partial charge in [-0.2, -0.15) is 22.8 Å². The Balaban J connectivity index is 0.000000215. The Morgan fingerprint density at radius 3 is 1.91 bits per heavy atom. The van der Waals surface area contributed by atoms with Crippen molar-refractivity contribution < 1.29 is 50.6 Å². The second kappa shape index (κ2) is 13.1. The molecule has 17 heteroatoms. The summed E-state index contributed by atoms with van der Waals surface area (Å²) in [4.78, 5) is 35.5. The smallest absolute Gasteiger partial charge is 0.387 e. The van der Waals surface area contributed by atoms with Gasteiger partial charge in [0.2, 0.25) is 0 Å². The molecule has 0 atom stereocenters. The first kappa shape index (κ1) is 31.3. The molecule has 2 N–H and O–H groups in total.